The molecule has 0 fully saturated rings. The SMILES string of the molecule is Cc1nn(Cc2cccc(Cl)c2)c(C)c1NC(=O)c1ccc(COc2c(F)c(F)cc(F)c2F)cc1. The van der Waals surface area contributed by atoms with Crippen molar-refractivity contribution in [2.24, 2.45) is 0 Å². The van der Waals surface area contributed by atoms with Gasteiger partial charge in [-0.1, -0.05) is 35.9 Å². The Morgan fingerprint density at radius 1 is 0.972 bits per heavy atom. The number of amides is 1. The second kappa shape index (κ2) is 10.4. The van der Waals surface area contributed by atoms with Crippen LogP contribution in [0, 0.1) is 37.1 Å². The van der Waals surface area contributed by atoms with Crippen LogP contribution in [0.3, 0.4) is 0 Å². The van der Waals surface area contributed by atoms with E-state index < -0.39 is 29.0 Å². The highest BCUT2D eigenvalue weighted by molar-refractivity contribution is 6.30. The lowest BCUT2D eigenvalue weighted by atomic mass is 10.1. The summed E-state index contributed by atoms with van der Waals surface area (Å²) in [7, 11) is 0. The fraction of sp³-hybridized carbons (Fsp3) is 0.154. The molecule has 5 nitrogen and oxygen atoms in total. The number of carbonyl (C=O) groups excluding carboxylic acids is 1. The lowest BCUT2D eigenvalue weighted by Gasteiger charge is -2.10. The number of hydrogen-bond acceptors (Lipinski definition) is 3. The number of hydrogen-bond donors (Lipinski definition) is 1. The summed E-state index contributed by atoms with van der Waals surface area (Å²) in [5.41, 5.74) is 3.68. The topological polar surface area (TPSA) is 56.2 Å². The minimum absolute atomic E-state index is 0.107. The first-order valence-corrected chi connectivity index (χ1v) is 11.2. The number of nitrogens with one attached hydrogen (secondary N) is 1. The molecule has 1 amide bonds. The molecule has 0 radical (unpaired) electrons. The van der Waals surface area contributed by atoms with E-state index >= 15 is 0 Å². The van der Waals surface area contributed by atoms with E-state index in [2.05, 4.69) is 10.4 Å². The predicted octanol–water partition coefficient (Wildman–Crippen LogP) is 6.59. The van der Waals surface area contributed by atoms with E-state index in [0.29, 0.717) is 34.1 Å². The highest BCUT2D eigenvalue weighted by Gasteiger charge is 2.21. The van der Waals surface area contributed by atoms with Gasteiger partial charge in [-0.3, -0.25) is 9.48 Å². The van der Waals surface area contributed by atoms with Gasteiger partial charge in [-0.25, -0.2) is 8.78 Å². The summed E-state index contributed by atoms with van der Waals surface area (Å²) in [5.74, 6) is -7.89. The normalized spacial score (nSPS) is 11.0. The van der Waals surface area contributed by atoms with E-state index in [4.69, 9.17) is 16.3 Å². The summed E-state index contributed by atoms with van der Waals surface area (Å²) in [5, 5.41) is 7.98. The van der Waals surface area contributed by atoms with Crippen molar-refractivity contribution >= 4 is 23.2 Å². The fourth-order valence-electron chi connectivity index (χ4n) is 3.61. The molecule has 4 aromatic rings. The minimum atomic E-state index is -1.62. The summed E-state index contributed by atoms with van der Waals surface area (Å²) in [6.45, 7) is 3.74. The molecule has 0 aliphatic rings. The van der Waals surface area contributed by atoms with Gasteiger partial charge in [0.2, 0.25) is 11.6 Å². The van der Waals surface area contributed by atoms with Gasteiger partial charge < -0.3 is 10.1 Å². The monoisotopic (exact) mass is 517 g/mol. The highest BCUT2D eigenvalue weighted by atomic mass is 35.5. The van der Waals surface area contributed by atoms with Crippen LogP contribution < -0.4 is 10.1 Å². The van der Waals surface area contributed by atoms with E-state index in [1.54, 1.807) is 17.7 Å². The maximum absolute atomic E-state index is 13.8. The van der Waals surface area contributed by atoms with Gasteiger partial charge in [0.1, 0.15) is 6.61 Å². The van der Waals surface area contributed by atoms with Crippen LogP contribution in [0.25, 0.3) is 0 Å². The maximum Gasteiger partial charge on any atom is 0.255 e. The van der Waals surface area contributed by atoms with Crippen LogP contribution in [0.2, 0.25) is 5.02 Å². The molecule has 1 heterocycles. The van der Waals surface area contributed by atoms with Gasteiger partial charge in [0.15, 0.2) is 17.4 Å². The number of nitrogens with zero attached hydrogens (tertiary/aromatic N) is 2. The molecule has 3 aromatic carbocycles. The third-order valence-electron chi connectivity index (χ3n) is 5.51. The molecule has 0 spiro atoms. The number of aryl methyl sites for hydroxylation is 1. The number of aromatic nitrogens is 2. The first kappa shape index (κ1) is 25.2. The van der Waals surface area contributed by atoms with Gasteiger partial charge in [-0.2, -0.15) is 13.9 Å². The van der Waals surface area contributed by atoms with Crippen LogP contribution in [0.4, 0.5) is 23.2 Å². The van der Waals surface area contributed by atoms with E-state index in [-0.39, 0.29) is 18.6 Å². The molecule has 0 unspecified atom stereocenters. The Morgan fingerprint density at radius 2 is 1.64 bits per heavy atom. The van der Waals surface area contributed by atoms with Crippen LogP contribution in [-0.4, -0.2) is 15.7 Å². The fourth-order valence-corrected chi connectivity index (χ4v) is 3.82. The molecule has 186 valence electrons. The Kier molecular flexibility index (Phi) is 7.30. The molecule has 1 aromatic heterocycles. The van der Waals surface area contributed by atoms with Gasteiger partial charge in [0.25, 0.3) is 5.91 Å². The molecule has 0 saturated heterocycles. The third-order valence-corrected chi connectivity index (χ3v) is 5.75. The quantitative estimate of drug-likeness (QED) is 0.222. The second-order valence-corrected chi connectivity index (χ2v) is 8.51. The summed E-state index contributed by atoms with van der Waals surface area (Å²) < 4.78 is 60.9. The molecule has 0 aliphatic carbocycles. The smallest absolute Gasteiger partial charge is 0.255 e. The van der Waals surface area contributed by atoms with Crippen molar-refractivity contribution in [3.05, 3.63) is 111 Å². The van der Waals surface area contributed by atoms with Crippen LogP contribution >= 0.6 is 11.6 Å². The van der Waals surface area contributed by atoms with Crippen molar-refractivity contribution in [2.75, 3.05) is 5.32 Å². The van der Waals surface area contributed by atoms with Gasteiger partial charge in [0, 0.05) is 16.7 Å². The van der Waals surface area contributed by atoms with E-state index in [9.17, 15) is 22.4 Å². The number of carbonyl (C=O) groups is 1. The zero-order chi connectivity index (χ0) is 26.0. The molecule has 10 heteroatoms. The predicted molar refractivity (Wildman–Crippen MR) is 127 cm³/mol. The van der Waals surface area contributed by atoms with Crippen molar-refractivity contribution < 1.29 is 27.1 Å². The molecule has 1 N–H and O–H groups in total. The Bertz CT molecular complexity index is 1410. The molecule has 0 saturated carbocycles. The highest BCUT2D eigenvalue weighted by Crippen LogP contribution is 2.27. The van der Waals surface area contributed by atoms with Gasteiger partial charge in [-0.05, 0) is 49.2 Å². The average molecular weight is 518 g/mol. The standard InChI is InChI=1S/C26H20ClF4N3O2/c1-14-24(15(2)34(33-14)12-17-4-3-5-19(27)10-17)32-26(35)18-8-6-16(7-9-18)13-36-25-22(30)20(28)11-21(29)23(25)31/h3-11H,12-13H2,1-2H3,(H,32,35). The van der Waals surface area contributed by atoms with Crippen molar-refractivity contribution in [3.8, 4) is 5.75 Å². The molecule has 0 aliphatic heterocycles. The molecular formula is C26H20ClF4N3O2. The molecule has 36 heavy (non-hydrogen) atoms. The maximum atomic E-state index is 13.8. The van der Waals surface area contributed by atoms with Crippen LogP contribution in [0.5, 0.6) is 5.75 Å². The van der Waals surface area contributed by atoms with Crippen molar-refractivity contribution in [1.29, 1.82) is 0 Å². The molecule has 4 rings (SSSR count). The lowest BCUT2D eigenvalue weighted by molar-refractivity contribution is 0.102. The number of benzene rings is 3. The summed E-state index contributed by atoms with van der Waals surface area (Å²) in [4.78, 5) is 12.8. The Morgan fingerprint density at radius 3 is 2.28 bits per heavy atom. The van der Waals surface area contributed by atoms with Gasteiger partial charge in [0.05, 0.1) is 23.6 Å². The number of halogens is 5. The Hall–Kier alpha value is -3.85. The Labute approximate surface area is 209 Å². The number of rotatable bonds is 7. The minimum Gasteiger partial charge on any atom is -0.483 e. The van der Waals surface area contributed by atoms with Crippen molar-refractivity contribution in [2.45, 2.75) is 27.0 Å². The zero-order valence-electron chi connectivity index (χ0n) is 19.2. The number of anilines is 1. The molecule has 0 bridgehead atoms. The average Bonchev–Trinajstić information content (AvgIpc) is 3.10. The van der Waals surface area contributed by atoms with E-state index in [0.717, 1.165) is 11.3 Å². The Balaban J connectivity index is 1.43. The number of ether oxygens (including phenoxy) is 1. The van der Waals surface area contributed by atoms with Crippen molar-refractivity contribution in [3.63, 3.8) is 0 Å². The van der Waals surface area contributed by atoms with Crippen molar-refractivity contribution in [1.82, 2.24) is 9.78 Å². The zero-order valence-corrected chi connectivity index (χ0v) is 20.0. The summed E-state index contributed by atoms with van der Waals surface area (Å²) >= 11 is 6.05. The van der Waals surface area contributed by atoms with Crippen LogP contribution in [-0.2, 0) is 13.2 Å². The lowest BCUT2D eigenvalue weighted by Crippen LogP contribution is -2.13. The molecule has 0 atom stereocenters. The van der Waals surface area contributed by atoms with E-state index in [1.807, 2.05) is 25.1 Å². The van der Waals surface area contributed by atoms with E-state index in [1.165, 1.54) is 24.3 Å². The molecular weight excluding hydrogens is 498 g/mol. The third kappa shape index (κ3) is 5.36. The van der Waals surface area contributed by atoms with Crippen LogP contribution in [0.15, 0.2) is 54.6 Å². The van der Waals surface area contributed by atoms with Gasteiger partial charge >= 0.3 is 0 Å². The van der Waals surface area contributed by atoms with Crippen LogP contribution in [0.1, 0.15) is 32.9 Å². The van der Waals surface area contributed by atoms with Gasteiger partial charge in [-0.15, -0.1) is 0 Å². The second-order valence-electron chi connectivity index (χ2n) is 8.07. The summed E-state index contributed by atoms with van der Waals surface area (Å²) in [6.07, 6.45) is 0. The first-order valence-electron chi connectivity index (χ1n) is 10.8. The largest absolute Gasteiger partial charge is 0.483 e. The summed E-state index contributed by atoms with van der Waals surface area (Å²) in [6, 6.07) is 13.5. The first-order chi connectivity index (χ1) is 17.1.